The second kappa shape index (κ2) is 6.93. The fourth-order valence-electron chi connectivity index (χ4n) is 0.908. The van der Waals surface area contributed by atoms with Gasteiger partial charge in [-0.2, -0.15) is 5.10 Å². The summed E-state index contributed by atoms with van der Waals surface area (Å²) >= 11 is 0. The number of ether oxygens (including phenoxy) is 1. The van der Waals surface area contributed by atoms with Crippen LogP contribution in [0.2, 0.25) is 0 Å². The first-order valence-corrected chi connectivity index (χ1v) is 5.82. The summed E-state index contributed by atoms with van der Waals surface area (Å²) in [7, 11) is 0. The number of nitrogens with zero attached hydrogens (tertiary/aromatic N) is 3. The molecule has 0 aromatic carbocycles. The van der Waals surface area contributed by atoms with Crippen molar-refractivity contribution in [2.45, 2.75) is 47.0 Å². The normalized spacial score (nSPS) is 10.2. The lowest BCUT2D eigenvalue weighted by atomic mass is 9.93. The summed E-state index contributed by atoms with van der Waals surface area (Å²) in [6, 6.07) is 0. The molecule has 96 valence electrons. The quantitative estimate of drug-likeness (QED) is 0.741. The molecule has 1 aromatic rings. The van der Waals surface area contributed by atoms with E-state index in [-0.39, 0.29) is 11.2 Å². The highest BCUT2D eigenvalue weighted by Gasteiger charge is 2.18. The highest BCUT2D eigenvalue weighted by Crippen LogP contribution is 2.17. The van der Waals surface area contributed by atoms with Gasteiger partial charge in [-0.1, -0.05) is 34.6 Å². The molecule has 0 atom stereocenters. The molecular weight excluding hydrogens is 218 g/mol. The molecule has 0 saturated heterocycles. The molecule has 0 fully saturated rings. The number of aromatic nitrogens is 3. The van der Waals surface area contributed by atoms with Crippen molar-refractivity contribution in [2.75, 3.05) is 6.61 Å². The van der Waals surface area contributed by atoms with Crippen LogP contribution in [0.25, 0.3) is 0 Å². The fourth-order valence-corrected chi connectivity index (χ4v) is 0.908. The molecule has 1 aromatic heterocycles. The third kappa shape index (κ3) is 4.89. The van der Waals surface area contributed by atoms with E-state index < -0.39 is 5.97 Å². The molecule has 1 rings (SSSR count). The Morgan fingerprint density at radius 2 is 1.88 bits per heavy atom. The third-order valence-electron chi connectivity index (χ3n) is 1.79. The maximum Gasteiger partial charge on any atom is 0.378 e. The van der Waals surface area contributed by atoms with Crippen LogP contribution >= 0.6 is 0 Å². The Bertz CT molecular complexity index is 342. The minimum Gasteiger partial charge on any atom is -0.460 e. The van der Waals surface area contributed by atoms with E-state index in [4.69, 9.17) is 4.74 Å². The lowest BCUT2D eigenvalue weighted by Gasteiger charge is -2.15. The number of esters is 1. The Morgan fingerprint density at radius 1 is 1.29 bits per heavy atom. The maximum atomic E-state index is 11.2. The van der Waals surface area contributed by atoms with E-state index in [0.29, 0.717) is 6.61 Å². The molecule has 0 unspecified atom stereocenters. The van der Waals surface area contributed by atoms with Gasteiger partial charge in [-0.3, -0.25) is 0 Å². The highest BCUT2D eigenvalue weighted by atomic mass is 16.5. The van der Waals surface area contributed by atoms with Crippen molar-refractivity contribution < 1.29 is 9.53 Å². The molecule has 0 aliphatic heterocycles. The number of carbonyl (C=O) groups excluding carboxylic acids is 1. The molecule has 0 aliphatic rings. The number of carbonyl (C=O) groups is 1. The number of hydrogen-bond acceptors (Lipinski definition) is 5. The van der Waals surface area contributed by atoms with Crippen molar-refractivity contribution in [3.8, 4) is 0 Å². The summed E-state index contributed by atoms with van der Waals surface area (Å²) in [6.07, 6.45) is 1.55. The van der Waals surface area contributed by atoms with E-state index in [2.05, 4.69) is 15.2 Å². The van der Waals surface area contributed by atoms with Gasteiger partial charge < -0.3 is 4.74 Å². The first-order chi connectivity index (χ1) is 7.95. The van der Waals surface area contributed by atoms with Gasteiger partial charge in [0.05, 0.1) is 18.5 Å². The van der Waals surface area contributed by atoms with Gasteiger partial charge in [0.15, 0.2) is 0 Å². The molecule has 5 heteroatoms. The fraction of sp³-hybridized carbons (Fsp3) is 0.667. The summed E-state index contributed by atoms with van der Waals surface area (Å²) in [5.41, 5.74) is 0.628. The zero-order valence-electron chi connectivity index (χ0n) is 11.4. The average Bonchev–Trinajstić information content (AvgIpc) is 2.31. The smallest absolute Gasteiger partial charge is 0.378 e. The molecule has 1 heterocycles. The van der Waals surface area contributed by atoms with Crippen LogP contribution in [0.5, 0.6) is 0 Å². The number of rotatable bonds is 2. The van der Waals surface area contributed by atoms with Gasteiger partial charge in [0.1, 0.15) is 0 Å². The van der Waals surface area contributed by atoms with Gasteiger partial charge in [0, 0.05) is 5.41 Å². The van der Waals surface area contributed by atoms with Gasteiger partial charge in [-0.05, 0) is 6.92 Å². The van der Waals surface area contributed by atoms with Crippen molar-refractivity contribution in [3.63, 3.8) is 0 Å². The van der Waals surface area contributed by atoms with E-state index in [1.807, 2.05) is 34.6 Å². The van der Waals surface area contributed by atoms with E-state index >= 15 is 0 Å². The first-order valence-electron chi connectivity index (χ1n) is 5.82. The van der Waals surface area contributed by atoms with Gasteiger partial charge in [-0.25, -0.2) is 9.78 Å². The van der Waals surface area contributed by atoms with Gasteiger partial charge in [0.2, 0.25) is 0 Å². The lowest BCUT2D eigenvalue weighted by molar-refractivity contribution is 0.0510. The van der Waals surface area contributed by atoms with Crippen molar-refractivity contribution in [1.29, 1.82) is 0 Å². The molecule has 0 N–H and O–H groups in total. The molecule has 17 heavy (non-hydrogen) atoms. The number of hydrogen-bond donors (Lipinski definition) is 0. The molecule has 0 radical (unpaired) electrons. The SMILES string of the molecule is CC.CCOC(=O)c1ncc(C(C)(C)C)nn1. The Morgan fingerprint density at radius 3 is 2.24 bits per heavy atom. The van der Waals surface area contributed by atoms with E-state index in [1.54, 1.807) is 13.1 Å². The molecule has 5 nitrogen and oxygen atoms in total. The summed E-state index contributed by atoms with van der Waals surface area (Å²) in [4.78, 5) is 15.1. The van der Waals surface area contributed by atoms with Crippen LogP contribution in [0, 0.1) is 0 Å². The highest BCUT2D eigenvalue weighted by molar-refractivity contribution is 5.84. The van der Waals surface area contributed by atoms with Gasteiger partial charge >= 0.3 is 5.97 Å². The molecule has 0 bridgehead atoms. The Labute approximate surface area is 103 Å². The minimum absolute atomic E-state index is 0.00449. The predicted molar refractivity (Wildman–Crippen MR) is 65.8 cm³/mol. The van der Waals surface area contributed by atoms with Crippen LogP contribution in [-0.4, -0.2) is 27.8 Å². The Balaban J connectivity index is 0.00000121. The Hall–Kier alpha value is -1.52. The third-order valence-corrected chi connectivity index (χ3v) is 1.79. The van der Waals surface area contributed by atoms with E-state index in [9.17, 15) is 4.79 Å². The summed E-state index contributed by atoms with van der Waals surface area (Å²) in [5, 5.41) is 7.67. The van der Waals surface area contributed by atoms with Crippen LogP contribution in [0.1, 0.15) is 57.9 Å². The molecular formula is C12H21N3O2. The molecule has 0 spiro atoms. The van der Waals surface area contributed by atoms with Gasteiger partial charge in [0.25, 0.3) is 5.82 Å². The van der Waals surface area contributed by atoms with Crippen molar-refractivity contribution in [1.82, 2.24) is 15.2 Å². The standard InChI is InChI=1S/C10H15N3O2.C2H6/c1-5-15-9(14)8-11-6-7(12-13-8)10(2,3)4;1-2/h6H,5H2,1-4H3;1-2H3. The van der Waals surface area contributed by atoms with Crippen LogP contribution in [-0.2, 0) is 10.2 Å². The van der Waals surface area contributed by atoms with Crippen LogP contribution in [0.4, 0.5) is 0 Å². The lowest BCUT2D eigenvalue weighted by Crippen LogP contribution is -2.18. The van der Waals surface area contributed by atoms with E-state index in [1.165, 1.54) is 0 Å². The van der Waals surface area contributed by atoms with Crippen LogP contribution < -0.4 is 0 Å². The van der Waals surface area contributed by atoms with Crippen LogP contribution in [0.15, 0.2) is 6.20 Å². The first kappa shape index (κ1) is 15.5. The second-order valence-corrected chi connectivity index (χ2v) is 4.14. The largest absolute Gasteiger partial charge is 0.460 e. The summed E-state index contributed by atoms with van der Waals surface area (Å²) in [5.74, 6) is -0.532. The minimum atomic E-state index is -0.537. The maximum absolute atomic E-state index is 11.2. The Kier molecular flexibility index (Phi) is 6.31. The second-order valence-electron chi connectivity index (χ2n) is 4.14. The summed E-state index contributed by atoms with van der Waals surface area (Å²) < 4.78 is 4.75. The van der Waals surface area contributed by atoms with Crippen molar-refractivity contribution in [2.24, 2.45) is 0 Å². The summed E-state index contributed by atoms with van der Waals surface area (Å²) in [6.45, 7) is 12.0. The predicted octanol–water partition coefficient (Wildman–Crippen LogP) is 2.37. The van der Waals surface area contributed by atoms with Gasteiger partial charge in [-0.15, -0.1) is 5.10 Å². The monoisotopic (exact) mass is 239 g/mol. The topological polar surface area (TPSA) is 65.0 Å². The zero-order chi connectivity index (χ0) is 13.5. The average molecular weight is 239 g/mol. The van der Waals surface area contributed by atoms with E-state index in [0.717, 1.165) is 5.69 Å². The molecule has 0 amide bonds. The molecule has 0 aliphatic carbocycles. The van der Waals surface area contributed by atoms with Crippen LogP contribution in [0.3, 0.4) is 0 Å². The van der Waals surface area contributed by atoms with Crippen molar-refractivity contribution in [3.05, 3.63) is 17.7 Å². The molecule has 0 saturated carbocycles. The van der Waals surface area contributed by atoms with Crippen molar-refractivity contribution >= 4 is 5.97 Å². The zero-order valence-corrected chi connectivity index (χ0v) is 11.4.